The second-order valence-electron chi connectivity index (χ2n) is 10.1. The van der Waals surface area contributed by atoms with Crippen LogP contribution in [0.2, 0.25) is 0 Å². The summed E-state index contributed by atoms with van der Waals surface area (Å²) in [5.41, 5.74) is 0.984. The molecule has 1 aliphatic heterocycles. The Balaban J connectivity index is 2.20. The summed E-state index contributed by atoms with van der Waals surface area (Å²) in [6, 6.07) is 0.661. The van der Waals surface area contributed by atoms with Crippen LogP contribution >= 0.6 is 0 Å². The monoisotopic (exact) mass is 294 g/mol. The van der Waals surface area contributed by atoms with Crippen molar-refractivity contribution in [2.24, 2.45) is 17.3 Å². The quantitative estimate of drug-likeness (QED) is 0.831. The third-order valence-corrected chi connectivity index (χ3v) is 5.60. The molecule has 1 aliphatic carbocycles. The summed E-state index contributed by atoms with van der Waals surface area (Å²) in [5.74, 6) is 1.61. The minimum Gasteiger partial charge on any atom is -0.308 e. The Morgan fingerprint density at radius 1 is 1.14 bits per heavy atom. The van der Waals surface area contributed by atoms with Crippen LogP contribution in [0.25, 0.3) is 0 Å². The zero-order valence-corrected chi connectivity index (χ0v) is 15.7. The second kappa shape index (κ2) is 5.53. The molecular weight excluding hydrogens is 256 g/mol. The minimum absolute atomic E-state index is 0.269. The molecule has 0 spiro atoms. The lowest BCUT2D eigenvalue weighted by Crippen LogP contribution is -2.69. The van der Waals surface area contributed by atoms with E-state index in [9.17, 15) is 0 Å². The van der Waals surface area contributed by atoms with Gasteiger partial charge in [-0.1, -0.05) is 34.6 Å². The highest BCUT2D eigenvalue weighted by atomic mass is 15.3. The van der Waals surface area contributed by atoms with Gasteiger partial charge in [0.15, 0.2) is 0 Å². The van der Waals surface area contributed by atoms with E-state index in [4.69, 9.17) is 0 Å². The van der Waals surface area contributed by atoms with E-state index in [1.165, 1.54) is 25.8 Å². The second-order valence-corrected chi connectivity index (χ2v) is 10.1. The molecule has 21 heavy (non-hydrogen) atoms. The highest BCUT2D eigenvalue weighted by Crippen LogP contribution is 2.44. The molecule has 0 aromatic carbocycles. The highest BCUT2D eigenvalue weighted by molar-refractivity contribution is 5.07. The Hall–Kier alpha value is -0.0800. The standard InChI is InChI=1S/C19H38N2/c1-14(2)16-11-20-19(8,15-9-10-15)13-21(16)18(6,7)12-17(3,4)5/h14-16,20H,9-13H2,1-8H3. The first-order chi connectivity index (χ1) is 9.45. The van der Waals surface area contributed by atoms with Crippen molar-refractivity contribution >= 4 is 0 Å². The van der Waals surface area contributed by atoms with Crippen LogP contribution in [0.1, 0.15) is 74.7 Å². The Morgan fingerprint density at radius 2 is 1.71 bits per heavy atom. The topological polar surface area (TPSA) is 15.3 Å². The van der Waals surface area contributed by atoms with Crippen LogP contribution in [0.15, 0.2) is 0 Å². The predicted octanol–water partition coefficient (Wildman–Crippen LogP) is 4.30. The van der Waals surface area contributed by atoms with E-state index in [-0.39, 0.29) is 5.54 Å². The first-order valence-electron chi connectivity index (χ1n) is 8.96. The average Bonchev–Trinajstić information content (AvgIpc) is 3.08. The maximum atomic E-state index is 3.91. The maximum absolute atomic E-state index is 3.91. The Labute approximate surface area is 133 Å². The summed E-state index contributed by atoms with van der Waals surface area (Å²) in [7, 11) is 0. The molecule has 1 saturated carbocycles. The summed E-state index contributed by atoms with van der Waals surface area (Å²) in [6.45, 7) is 21.6. The van der Waals surface area contributed by atoms with Gasteiger partial charge in [0.2, 0.25) is 0 Å². The van der Waals surface area contributed by atoms with Gasteiger partial charge in [-0.25, -0.2) is 0 Å². The molecule has 2 nitrogen and oxygen atoms in total. The molecule has 2 rings (SSSR count). The summed E-state index contributed by atoms with van der Waals surface area (Å²) in [4.78, 5) is 2.84. The zero-order valence-electron chi connectivity index (χ0n) is 15.7. The molecule has 0 aromatic heterocycles. The van der Waals surface area contributed by atoms with Gasteiger partial charge in [0.1, 0.15) is 0 Å². The lowest BCUT2D eigenvalue weighted by molar-refractivity contribution is -0.0354. The number of piperazine rings is 1. The lowest BCUT2D eigenvalue weighted by atomic mass is 9.77. The molecule has 2 fully saturated rings. The SMILES string of the molecule is CC(C)C1CNC(C)(C2CC2)CN1C(C)(C)CC(C)(C)C. The third kappa shape index (κ3) is 4.01. The van der Waals surface area contributed by atoms with Crippen molar-refractivity contribution < 1.29 is 0 Å². The van der Waals surface area contributed by atoms with E-state index in [1.54, 1.807) is 0 Å². The molecule has 1 saturated heterocycles. The third-order valence-electron chi connectivity index (χ3n) is 5.60. The van der Waals surface area contributed by atoms with E-state index in [2.05, 4.69) is 65.6 Å². The summed E-state index contributed by atoms with van der Waals surface area (Å²) in [5, 5.41) is 3.91. The van der Waals surface area contributed by atoms with Crippen molar-refractivity contribution in [3.05, 3.63) is 0 Å². The molecule has 1 N–H and O–H groups in total. The zero-order chi connectivity index (χ0) is 16.1. The van der Waals surface area contributed by atoms with Crippen LogP contribution in [-0.4, -0.2) is 35.1 Å². The van der Waals surface area contributed by atoms with E-state index >= 15 is 0 Å². The first kappa shape index (κ1) is 17.3. The molecule has 2 unspecified atom stereocenters. The summed E-state index contributed by atoms with van der Waals surface area (Å²) < 4.78 is 0. The maximum Gasteiger partial charge on any atom is 0.0309 e. The van der Waals surface area contributed by atoms with Gasteiger partial charge in [0.25, 0.3) is 0 Å². The molecule has 0 aromatic rings. The smallest absolute Gasteiger partial charge is 0.0309 e. The minimum atomic E-state index is 0.269. The normalized spacial score (nSPS) is 32.7. The molecular formula is C19H38N2. The van der Waals surface area contributed by atoms with E-state index in [1.807, 2.05) is 0 Å². The van der Waals surface area contributed by atoms with Crippen LogP contribution in [0.5, 0.6) is 0 Å². The summed E-state index contributed by atoms with van der Waals surface area (Å²) >= 11 is 0. The van der Waals surface area contributed by atoms with Crippen LogP contribution in [0, 0.1) is 17.3 Å². The van der Waals surface area contributed by atoms with Gasteiger partial charge in [-0.05, 0) is 57.3 Å². The van der Waals surface area contributed by atoms with E-state index < -0.39 is 0 Å². The van der Waals surface area contributed by atoms with Gasteiger partial charge in [0.05, 0.1) is 0 Å². The van der Waals surface area contributed by atoms with Crippen molar-refractivity contribution in [1.82, 2.24) is 10.2 Å². The van der Waals surface area contributed by atoms with Gasteiger partial charge in [-0.2, -0.15) is 0 Å². The molecule has 0 amide bonds. The van der Waals surface area contributed by atoms with Gasteiger partial charge in [-0.3, -0.25) is 4.90 Å². The molecule has 2 aliphatic rings. The molecule has 2 heteroatoms. The Kier molecular flexibility index (Phi) is 4.55. The van der Waals surface area contributed by atoms with Gasteiger partial charge < -0.3 is 5.32 Å². The van der Waals surface area contributed by atoms with Crippen LogP contribution in [0.4, 0.5) is 0 Å². The van der Waals surface area contributed by atoms with E-state index in [0.29, 0.717) is 22.9 Å². The van der Waals surface area contributed by atoms with Crippen molar-refractivity contribution in [3.8, 4) is 0 Å². The van der Waals surface area contributed by atoms with Crippen LogP contribution in [0.3, 0.4) is 0 Å². The first-order valence-corrected chi connectivity index (χ1v) is 8.96. The predicted molar refractivity (Wildman–Crippen MR) is 92.6 cm³/mol. The lowest BCUT2D eigenvalue weighted by Gasteiger charge is -2.55. The molecule has 2 atom stereocenters. The van der Waals surface area contributed by atoms with Crippen molar-refractivity contribution in [3.63, 3.8) is 0 Å². The Morgan fingerprint density at radius 3 is 2.14 bits per heavy atom. The highest BCUT2D eigenvalue weighted by Gasteiger charge is 2.49. The molecule has 1 heterocycles. The number of rotatable bonds is 4. The molecule has 0 radical (unpaired) electrons. The van der Waals surface area contributed by atoms with Gasteiger partial charge in [-0.15, -0.1) is 0 Å². The fourth-order valence-corrected chi connectivity index (χ4v) is 4.63. The van der Waals surface area contributed by atoms with Crippen LogP contribution < -0.4 is 5.32 Å². The number of nitrogens with zero attached hydrogens (tertiary/aromatic N) is 1. The van der Waals surface area contributed by atoms with Crippen molar-refractivity contribution in [2.75, 3.05) is 13.1 Å². The van der Waals surface area contributed by atoms with Crippen LogP contribution in [-0.2, 0) is 0 Å². The number of hydrogen-bond donors (Lipinski definition) is 1. The van der Waals surface area contributed by atoms with Crippen molar-refractivity contribution in [2.45, 2.75) is 91.8 Å². The largest absolute Gasteiger partial charge is 0.308 e. The fraction of sp³-hybridized carbons (Fsp3) is 1.00. The van der Waals surface area contributed by atoms with Gasteiger partial charge >= 0.3 is 0 Å². The van der Waals surface area contributed by atoms with Crippen molar-refractivity contribution in [1.29, 1.82) is 0 Å². The number of hydrogen-bond acceptors (Lipinski definition) is 2. The Bertz CT molecular complexity index is 362. The molecule has 0 bridgehead atoms. The fourth-order valence-electron chi connectivity index (χ4n) is 4.63. The average molecular weight is 295 g/mol. The van der Waals surface area contributed by atoms with Gasteiger partial charge in [0, 0.05) is 30.2 Å². The van der Waals surface area contributed by atoms with E-state index in [0.717, 1.165) is 12.5 Å². The summed E-state index contributed by atoms with van der Waals surface area (Å²) in [6.07, 6.45) is 4.09. The number of nitrogens with one attached hydrogen (secondary N) is 1. The molecule has 124 valence electrons.